The number of hydrogen-bond acceptors (Lipinski definition) is 5. The Labute approximate surface area is 174 Å². The number of methoxy groups -OCH3 is 2. The molecule has 2 rings (SSSR count). The van der Waals surface area contributed by atoms with Gasteiger partial charge in [-0.25, -0.2) is 0 Å². The minimum Gasteiger partial charge on any atom is -0.495 e. The van der Waals surface area contributed by atoms with Crippen molar-refractivity contribution in [3.05, 3.63) is 39.9 Å². The van der Waals surface area contributed by atoms with E-state index in [1.165, 1.54) is 20.3 Å². The van der Waals surface area contributed by atoms with Gasteiger partial charge in [0.1, 0.15) is 11.5 Å². The van der Waals surface area contributed by atoms with E-state index in [1.807, 2.05) is 13.8 Å². The third-order valence-electron chi connectivity index (χ3n) is 3.74. The van der Waals surface area contributed by atoms with Crippen LogP contribution in [-0.2, 0) is 0 Å². The van der Waals surface area contributed by atoms with Gasteiger partial charge in [0.25, 0.3) is 5.91 Å². The Morgan fingerprint density at radius 2 is 1.64 bits per heavy atom. The second-order valence-corrected chi connectivity index (χ2v) is 6.52. The number of benzene rings is 2. The molecule has 0 unspecified atom stereocenters. The molecule has 0 bridgehead atoms. The van der Waals surface area contributed by atoms with Crippen molar-refractivity contribution < 1.29 is 23.7 Å². The lowest BCUT2D eigenvalue weighted by Crippen LogP contribution is -2.13. The average Bonchev–Trinajstić information content (AvgIpc) is 2.67. The van der Waals surface area contributed by atoms with E-state index in [0.29, 0.717) is 57.5 Å². The van der Waals surface area contributed by atoms with Crippen molar-refractivity contribution in [2.24, 2.45) is 0 Å². The fourth-order valence-electron chi connectivity index (χ4n) is 2.46. The summed E-state index contributed by atoms with van der Waals surface area (Å²) in [7, 11) is 2.99. The zero-order chi connectivity index (χ0) is 20.7. The Hall–Kier alpha value is -2.31. The zero-order valence-electron chi connectivity index (χ0n) is 16.2. The summed E-state index contributed by atoms with van der Waals surface area (Å²) >= 11 is 12.5. The molecular weight excluding hydrogens is 405 g/mol. The number of carbonyl (C=O) groups excluding carboxylic acids is 1. The summed E-state index contributed by atoms with van der Waals surface area (Å²) < 4.78 is 21.7. The summed E-state index contributed by atoms with van der Waals surface area (Å²) in [5.74, 6) is 1.29. The van der Waals surface area contributed by atoms with Gasteiger partial charge < -0.3 is 24.3 Å². The first-order chi connectivity index (χ1) is 13.4. The average molecular weight is 428 g/mol. The molecule has 0 radical (unpaired) electrons. The number of rotatable bonds is 9. The van der Waals surface area contributed by atoms with Crippen LogP contribution >= 0.6 is 23.2 Å². The van der Waals surface area contributed by atoms with Crippen molar-refractivity contribution in [2.75, 3.05) is 32.8 Å². The maximum absolute atomic E-state index is 12.8. The van der Waals surface area contributed by atoms with Gasteiger partial charge in [-0.3, -0.25) is 4.79 Å². The Bertz CT molecular complexity index is 842. The molecule has 28 heavy (non-hydrogen) atoms. The van der Waals surface area contributed by atoms with Crippen LogP contribution in [0.5, 0.6) is 23.0 Å². The first-order valence-corrected chi connectivity index (χ1v) is 9.52. The van der Waals surface area contributed by atoms with Gasteiger partial charge in [0, 0.05) is 11.6 Å². The van der Waals surface area contributed by atoms with E-state index in [0.717, 1.165) is 6.42 Å². The summed E-state index contributed by atoms with van der Waals surface area (Å²) in [4.78, 5) is 12.8. The molecule has 0 aromatic heterocycles. The van der Waals surface area contributed by atoms with Crippen LogP contribution in [0, 0.1) is 0 Å². The molecule has 0 saturated carbocycles. The van der Waals surface area contributed by atoms with Crippen LogP contribution in [-0.4, -0.2) is 33.3 Å². The number of anilines is 1. The van der Waals surface area contributed by atoms with Crippen LogP contribution in [0.4, 0.5) is 5.69 Å². The van der Waals surface area contributed by atoms with Crippen molar-refractivity contribution in [3.8, 4) is 23.0 Å². The molecule has 152 valence electrons. The third-order valence-corrected chi connectivity index (χ3v) is 4.32. The zero-order valence-corrected chi connectivity index (χ0v) is 17.7. The van der Waals surface area contributed by atoms with Gasteiger partial charge in [0.2, 0.25) is 0 Å². The minimum atomic E-state index is -0.399. The highest BCUT2D eigenvalue weighted by Crippen LogP contribution is 2.38. The van der Waals surface area contributed by atoms with E-state index < -0.39 is 5.91 Å². The number of ether oxygens (including phenoxy) is 4. The van der Waals surface area contributed by atoms with E-state index in [1.54, 1.807) is 18.2 Å². The van der Waals surface area contributed by atoms with Crippen LogP contribution < -0.4 is 24.3 Å². The monoisotopic (exact) mass is 427 g/mol. The maximum Gasteiger partial charge on any atom is 0.255 e. The molecule has 1 N–H and O–H groups in total. The molecular formula is C20H23Cl2NO5. The van der Waals surface area contributed by atoms with Crippen LogP contribution in [0.1, 0.15) is 30.6 Å². The van der Waals surface area contributed by atoms with E-state index in [4.69, 9.17) is 42.1 Å². The lowest BCUT2D eigenvalue weighted by Gasteiger charge is -2.16. The van der Waals surface area contributed by atoms with Crippen molar-refractivity contribution >= 4 is 34.8 Å². The van der Waals surface area contributed by atoms with Gasteiger partial charge in [-0.1, -0.05) is 30.1 Å². The van der Waals surface area contributed by atoms with Gasteiger partial charge in [-0.2, -0.15) is 0 Å². The van der Waals surface area contributed by atoms with Crippen LogP contribution in [0.2, 0.25) is 10.0 Å². The smallest absolute Gasteiger partial charge is 0.255 e. The van der Waals surface area contributed by atoms with E-state index in [-0.39, 0.29) is 0 Å². The minimum absolute atomic E-state index is 0.296. The van der Waals surface area contributed by atoms with E-state index >= 15 is 0 Å². The van der Waals surface area contributed by atoms with Gasteiger partial charge >= 0.3 is 0 Å². The van der Waals surface area contributed by atoms with E-state index in [2.05, 4.69) is 5.32 Å². The highest BCUT2D eigenvalue weighted by atomic mass is 35.5. The molecule has 0 aliphatic rings. The second-order valence-electron chi connectivity index (χ2n) is 5.71. The SMILES string of the molecule is CCCOc1c(Cl)cc(C(=O)Nc2cc(Cl)c(OC)cc2OC)cc1OCC. The third kappa shape index (κ3) is 5.14. The summed E-state index contributed by atoms with van der Waals surface area (Å²) in [5, 5.41) is 3.41. The number of amides is 1. The van der Waals surface area contributed by atoms with Crippen molar-refractivity contribution in [2.45, 2.75) is 20.3 Å². The molecule has 0 aliphatic carbocycles. The number of halogens is 2. The van der Waals surface area contributed by atoms with Crippen LogP contribution in [0.25, 0.3) is 0 Å². The predicted molar refractivity (Wildman–Crippen MR) is 111 cm³/mol. The van der Waals surface area contributed by atoms with Crippen molar-refractivity contribution in [1.82, 2.24) is 0 Å². The lowest BCUT2D eigenvalue weighted by molar-refractivity contribution is 0.102. The molecule has 0 fully saturated rings. The topological polar surface area (TPSA) is 66.0 Å². The lowest BCUT2D eigenvalue weighted by atomic mass is 10.1. The highest BCUT2D eigenvalue weighted by molar-refractivity contribution is 6.33. The summed E-state index contributed by atoms with van der Waals surface area (Å²) in [6.07, 6.45) is 0.822. The molecule has 0 spiro atoms. The molecule has 8 heteroatoms. The van der Waals surface area contributed by atoms with Crippen molar-refractivity contribution in [3.63, 3.8) is 0 Å². The summed E-state index contributed by atoms with van der Waals surface area (Å²) in [6.45, 7) is 4.73. The summed E-state index contributed by atoms with van der Waals surface area (Å²) in [5.41, 5.74) is 0.713. The first-order valence-electron chi connectivity index (χ1n) is 8.77. The van der Waals surface area contributed by atoms with Gasteiger partial charge in [-0.05, 0) is 31.5 Å². The number of carbonyl (C=O) groups is 1. The normalized spacial score (nSPS) is 10.4. The quantitative estimate of drug-likeness (QED) is 0.575. The molecule has 1 amide bonds. The molecule has 0 aliphatic heterocycles. The van der Waals surface area contributed by atoms with Gasteiger partial charge in [0.05, 0.1) is 43.2 Å². The maximum atomic E-state index is 12.8. The standard InChI is InChI=1S/C20H23Cl2NO5/c1-5-7-28-19-14(22)8-12(9-18(19)27-6-2)20(24)23-15-10-13(21)16(25-3)11-17(15)26-4/h8-11H,5-7H2,1-4H3,(H,23,24). The van der Waals surface area contributed by atoms with Crippen LogP contribution in [0.3, 0.4) is 0 Å². The molecule has 0 atom stereocenters. The van der Waals surface area contributed by atoms with Crippen LogP contribution in [0.15, 0.2) is 24.3 Å². The molecule has 6 nitrogen and oxygen atoms in total. The Morgan fingerprint density at radius 1 is 0.929 bits per heavy atom. The van der Waals surface area contributed by atoms with Crippen molar-refractivity contribution in [1.29, 1.82) is 0 Å². The number of nitrogens with one attached hydrogen (secondary N) is 1. The summed E-state index contributed by atoms with van der Waals surface area (Å²) in [6, 6.07) is 6.27. The predicted octanol–water partition coefficient (Wildman–Crippen LogP) is 5.45. The Morgan fingerprint density at radius 3 is 2.25 bits per heavy atom. The molecule has 2 aromatic rings. The second kappa shape index (κ2) is 10.3. The molecule has 2 aromatic carbocycles. The largest absolute Gasteiger partial charge is 0.495 e. The molecule has 0 heterocycles. The Kier molecular flexibility index (Phi) is 8.08. The first kappa shape index (κ1) is 22.0. The van der Waals surface area contributed by atoms with E-state index in [9.17, 15) is 4.79 Å². The highest BCUT2D eigenvalue weighted by Gasteiger charge is 2.18. The fourth-order valence-corrected chi connectivity index (χ4v) is 2.96. The Balaban J connectivity index is 2.35. The van der Waals surface area contributed by atoms with Gasteiger partial charge in [0.15, 0.2) is 11.5 Å². The fraction of sp³-hybridized carbons (Fsp3) is 0.350. The molecule has 0 saturated heterocycles. The van der Waals surface area contributed by atoms with Gasteiger partial charge in [-0.15, -0.1) is 0 Å². The number of hydrogen-bond donors (Lipinski definition) is 1.